The van der Waals surface area contributed by atoms with Gasteiger partial charge in [-0.2, -0.15) is 4.31 Å². The number of ether oxygens (including phenoxy) is 2. The Bertz CT molecular complexity index is 1120. The summed E-state index contributed by atoms with van der Waals surface area (Å²) in [5.41, 5.74) is 0.212. The molecule has 12 heteroatoms. The number of nitrogens with zero attached hydrogens (tertiary/aromatic N) is 1. The lowest BCUT2D eigenvalue weighted by atomic mass is 10.2. The molecule has 0 bridgehead atoms. The molecule has 1 aliphatic heterocycles. The summed E-state index contributed by atoms with van der Waals surface area (Å²) in [5, 5.41) is 0. The van der Waals surface area contributed by atoms with E-state index in [0.29, 0.717) is 19.0 Å². The van der Waals surface area contributed by atoms with E-state index in [4.69, 9.17) is 9.15 Å². The Labute approximate surface area is 174 Å². The normalized spacial score (nSPS) is 15.8. The number of nitrogens with one attached hydrogen (secondary N) is 1. The van der Waals surface area contributed by atoms with Crippen LogP contribution >= 0.6 is 0 Å². The molecule has 0 amide bonds. The van der Waals surface area contributed by atoms with Crippen LogP contribution in [0.25, 0.3) is 0 Å². The highest BCUT2D eigenvalue weighted by Crippen LogP contribution is 2.20. The third kappa shape index (κ3) is 4.73. The summed E-state index contributed by atoms with van der Waals surface area (Å²) in [5.74, 6) is -0.0286. The topological polar surface area (TPSA) is 132 Å². The molecule has 1 fully saturated rings. The molecule has 1 aromatic heterocycles. The van der Waals surface area contributed by atoms with Crippen molar-refractivity contribution in [3.8, 4) is 0 Å². The number of benzene rings is 1. The molecule has 1 N–H and O–H groups in total. The van der Waals surface area contributed by atoms with Crippen LogP contribution in [-0.2, 0) is 36.1 Å². The molecule has 0 unspecified atom stereocenters. The number of methoxy groups -OCH3 is 1. The second-order valence-electron chi connectivity index (χ2n) is 6.49. The summed E-state index contributed by atoms with van der Waals surface area (Å²) in [4.78, 5) is 11.5. The van der Waals surface area contributed by atoms with Gasteiger partial charge in [0.15, 0.2) is 0 Å². The molecule has 2 aromatic rings. The van der Waals surface area contributed by atoms with E-state index in [-0.39, 0.29) is 40.7 Å². The summed E-state index contributed by atoms with van der Waals surface area (Å²) in [6.45, 7) is 2.52. The van der Waals surface area contributed by atoms with Crippen LogP contribution in [-0.4, -0.2) is 60.5 Å². The first-order valence-corrected chi connectivity index (χ1v) is 11.9. The molecular formula is C18H22N2O8S2. The van der Waals surface area contributed by atoms with Crippen molar-refractivity contribution in [2.75, 3.05) is 33.4 Å². The largest absolute Gasteiger partial charge is 0.465 e. The minimum absolute atomic E-state index is 0.00716. The van der Waals surface area contributed by atoms with E-state index < -0.39 is 26.0 Å². The lowest BCUT2D eigenvalue weighted by molar-refractivity contribution is 0.0598. The van der Waals surface area contributed by atoms with Gasteiger partial charge in [0.05, 0.1) is 36.7 Å². The van der Waals surface area contributed by atoms with Crippen LogP contribution in [0.3, 0.4) is 0 Å². The van der Waals surface area contributed by atoms with Crippen molar-refractivity contribution in [2.24, 2.45) is 0 Å². The number of hydrogen-bond acceptors (Lipinski definition) is 8. The van der Waals surface area contributed by atoms with Crippen molar-refractivity contribution in [3.05, 3.63) is 47.4 Å². The maximum atomic E-state index is 12.6. The molecule has 0 saturated carbocycles. The smallest absolute Gasteiger partial charge is 0.341 e. The Morgan fingerprint density at radius 3 is 2.30 bits per heavy atom. The fourth-order valence-corrected chi connectivity index (χ4v) is 5.32. The Balaban J connectivity index is 1.71. The van der Waals surface area contributed by atoms with Gasteiger partial charge in [-0.1, -0.05) is 0 Å². The highest BCUT2D eigenvalue weighted by atomic mass is 32.2. The molecule has 2 heterocycles. The fraction of sp³-hybridized carbons (Fsp3) is 0.389. The van der Waals surface area contributed by atoms with E-state index in [1.54, 1.807) is 6.92 Å². The number of esters is 1. The zero-order chi connectivity index (χ0) is 21.9. The van der Waals surface area contributed by atoms with Gasteiger partial charge in [-0.15, -0.1) is 0 Å². The zero-order valence-electron chi connectivity index (χ0n) is 16.5. The maximum Gasteiger partial charge on any atom is 0.341 e. The number of sulfonamides is 2. The maximum absolute atomic E-state index is 12.6. The van der Waals surface area contributed by atoms with E-state index in [1.807, 2.05) is 0 Å². The van der Waals surface area contributed by atoms with Crippen LogP contribution in [0.4, 0.5) is 0 Å². The molecule has 164 valence electrons. The van der Waals surface area contributed by atoms with Crippen molar-refractivity contribution >= 4 is 26.0 Å². The third-order valence-corrected chi connectivity index (χ3v) is 7.88. The Morgan fingerprint density at radius 2 is 1.70 bits per heavy atom. The summed E-state index contributed by atoms with van der Waals surface area (Å²) < 4.78 is 69.1. The number of morpholine rings is 1. The highest BCUT2D eigenvalue weighted by Gasteiger charge is 2.27. The quantitative estimate of drug-likeness (QED) is 0.605. The summed E-state index contributed by atoms with van der Waals surface area (Å²) in [6.07, 6.45) is 0. The lowest BCUT2D eigenvalue weighted by Gasteiger charge is -2.26. The minimum atomic E-state index is -3.93. The monoisotopic (exact) mass is 458 g/mol. The number of rotatable bonds is 7. The SMILES string of the molecule is COC(=O)c1cc(CNS(=O)(=O)c2ccc(S(=O)(=O)N3CCOCC3)cc2)oc1C. The Hall–Kier alpha value is -2.25. The number of carbonyl (C=O) groups excluding carboxylic acids is 1. The van der Waals surface area contributed by atoms with Gasteiger partial charge in [0, 0.05) is 13.1 Å². The third-order valence-electron chi connectivity index (χ3n) is 4.55. The molecule has 0 spiro atoms. The van der Waals surface area contributed by atoms with E-state index >= 15 is 0 Å². The van der Waals surface area contributed by atoms with E-state index in [0.717, 1.165) is 0 Å². The predicted molar refractivity (Wildman–Crippen MR) is 105 cm³/mol. The second kappa shape index (κ2) is 8.86. The van der Waals surface area contributed by atoms with Gasteiger partial charge in [0.1, 0.15) is 17.1 Å². The zero-order valence-corrected chi connectivity index (χ0v) is 18.1. The first-order valence-electron chi connectivity index (χ1n) is 9.00. The van der Waals surface area contributed by atoms with Crippen molar-refractivity contribution in [1.29, 1.82) is 0 Å². The minimum Gasteiger partial charge on any atom is -0.465 e. The lowest BCUT2D eigenvalue weighted by Crippen LogP contribution is -2.40. The first-order chi connectivity index (χ1) is 14.1. The standard InChI is InChI=1S/C18H22N2O8S2/c1-13-17(18(21)26-2)11-14(28-13)12-19-29(22,23)15-3-5-16(6-4-15)30(24,25)20-7-9-27-10-8-20/h3-6,11,19H,7-10,12H2,1-2H3. The highest BCUT2D eigenvalue weighted by molar-refractivity contribution is 7.89. The Morgan fingerprint density at radius 1 is 1.10 bits per heavy atom. The van der Waals surface area contributed by atoms with E-state index in [1.165, 1.54) is 41.7 Å². The summed E-state index contributed by atoms with van der Waals surface area (Å²) in [7, 11) is -6.41. The molecular weight excluding hydrogens is 436 g/mol. The molecule has 10 nitrogen and oxygen atoms in total. The van der Waals surface area contributed by atoms with E-state index in [9.17, 15) is 21.6 Å². The van der Waals surface area contributed by atoms with Crippen molar-refractivity contribution in [3.63, 3.8) is 0 Å². The molecule has 0 atom stereocenters. The van der Waals surface area contributed by atoms with Gasteiger partial charge in [-0.25, -0.2) is 26.4 Å². The van der Waals surface area contributed by atoms with Gasteiger partial charge in [0.25, 0.3) is 0 Å². The predicted octanol–water partition coefficient (Wildman–Crippen LogP) is 0.874. The van der Waals surface area contributed by atoms with E-state index in [2.05, 4.69) is 9.46 Å². The van der Waals surface area contributed by atoms with Crippen molar-refractivity contribution in [1.82, 2.24) is 9.03 Å². The first kappa shape index (κ1) is 22.4. The van der Waals surface area contributed by atoms with Gasteiger partial charge >= 0.3 is 5.97 Å². The fourth-order valence-electron chi connectivity index (χ4n) is 2.92. The van der Waals surface area contributed by atoms with Crippen molar-refractivity contribution in [2.45, 2.75) is 23.3 Å². The van der Waals surface area contributed by atoms with Crippen LogP contribution in [0.15, 0.2) is 44.5 Å². The molecule has 1 aliphatic rings. The van der Waals surface area contributed by atoms with Gasteiger partial charge in [-0.05, 0) is 37.3 Å². The van der Waals surface area contributed by atoms with Gasteiger partial charge in [0.2, 0.25) is 20.0 Å². The summed E-state index contributed by atoms with van der Waals surface area (Å²) in [6, 6.07) is 6.37. The Kier molecular flexibility index (Phi) is 6.62. The average molecular weight is 459 g/mol. The molecule has 1 aromatic carbocycles. The second-order valence-corrected chi connectivity index (χ2v) is 10.2. The number of hydrogen-bond donors (Lipinski definition) is 1. The van der Waals surface area contributed by atoms with Crippen LogP contribution in [0.1, 0.15) is 21.9 Å². The number of carbonyl (C=O) groups is 1. The molecule has 0 aliphatic carbocycles. The van der Waals surface area contributed by atoms with Crippen LogP contribution in [0.2, 0.25) is 0 Å². The van der Waals surface area contributed by atoms with Crippen LogP contribution in [0, 0.1) is 6.92 Å². The van der Waals surface area contributed by atoms with Gasteiger partial charge in [-0.3, -0.25) is 0 Å². The molecule has 30 heavy (non-hydrogen) atoms. The van der Waals surface area contributed by atoms with Crippen molar-refractivity contribution < 1.29 is 35.5 Å². The molecule has 1 saturated heterocycles. The number of furan rings is 1. The summed E-state index contributed by atoms with van der Waals surface area (Å²) >= 11 is 0. The molecule has 3 rings (SSSR count). The molecule has 0 radical (unpaired) electrons. The number of aryl methyl sites for hydroxylation is 1. The average Bonchev–Trinajstić information content (AvgIpc) is 3.13. The van der Waals surface area contributed by atoms with Crippen LogP contribution in [0.5, 0.6) is 0 Å². The van der Waals surface area contributed by atoms with Gasteiger partial charge < -0.3 is 13.9 Å². The van der Waals surface area contributed by atoms with Crippen LogP contribution < -0.4 is 4.72 Å².